The van der Waals surface area contributed by atoms with Gasteiger partial charge in [-0.3, -0.25) is 9.89 Å². The molecular formula is C6H6F3N3O2S. The Hall–Kier alpha value is -1.38. The highest BCUT2D eigenvalue weighted by Gasteiger charge is 2.40. The molecule has 0 fully saturated rings. The third-order valence-corrected chi connectivity index (χ3v) is 2.44. The molecule has 1 atom stereocenters. The fraction of sp³-hybridized carbons (Fsp3) is 0.333. The molecular weight excluding hydrogens is 235 g/mol. The molecule has 1 unspecified atom stereocenters. The second-order valence-electron chi connectivity index (χ2n) is 2.50. The van der Waals surface area contributed by atoms with Crippen LogP contribution in [0.15, 0.2) is 11.1 Å². The lowest BCUT2D eigenvalue weighted by molar-refractivity contribution is -0.114. The van der Waals surface area contributed by atoms with E-state index in [0.717, 1.165) is 13.1 Å². The summed E-state index contributed by atoms with van der Waals surface area (Å²) in [6.45, 7) is 1.11. The lowest BCUT2D eigenvalue weighted by atomic mass is 10.6. The fourth-order valence-corrected chi connectivity index (χ4v) is 1.49. The highest BCUT2D eigenvalue weighted by Crippen LogP contribution is 2.29. The molecule has 1 aromatic heterocycles. The molecule has 2 N–H and O–H groups in total. The normalized spacial score (nSPS) is 13.6. The summed E-state index contributed by atoms with van der Waals surface area (Å²) in [6, 6.07) is 0. The molecule has 0 spiro atoms. The van der Waals surface area contributed by atoms with Crippen molar-refractivity contribution >= 4 is 22.5 Å². The molecule has 1 aromatic rings. The summed E-state index contributed by atoms with van der Waals surface area (Å²) in [5.41, 5.74) is -4.88. The van der Waals surface area contributed by atoms with Gasteiger partial charge in [0.1, 0.15) is 10.7 Å². The van der Waals surface area contributed by atoms with Gasteiger partial charge in [-0.15, -0.1) is 0 Å². The van der Waals surface area contributed by atoms with E-state index in [0.29, 0.717) is 0 Å². The van der Waals surface area contributed by atoms with Gasteiger partial charge in [-0.1, -0.05) is 0 Å². The molecule has 0 aromatic carbocycles. The van der Waals surface area contributed by atoms with E-state index in [1.54, 1.807) is 0 Å². The zero-order chi connectivity index (χ0) is 11.6. The summed E-state index contributed by atoms with van der Waals surface area (Å²) in [4.78, 5) is 10.00. The van der Waals surface area contributed by atoms with Crippen LogP contribution in [0.25, 0.3) is 0 Å². The maximum absolute atomic E-state index is 12.1. The smallest absolute Gasteiger partial charge is 0.310 e. The Balaban J connectivity index is 3.00. The number of anilines is 1. The number of aromatic nitrogens is 2. The molecule has 0 saturated carbocycles. The number of alkyl halides is 3. The average Bonchev–Trinajstić information content (AvgIpc) is 2.48. The van der Waals surface area contributed by atoms with Crippen LogP contribution >= 0.6 is 0 Å². The summed E-state index contributed by atoms with van der Waals surface area (Å²) in [7, 11) is -3.21. The summed E-state index contributed by atoms with van der Waals surface area (Å²) >= 11 is 0. The fourth-order valence-electron chi connectivity index (χ4n) is 0.806. The largest absolute Gasteiger partial charge is 0.476 e. The van der Waals surface area contributed by atoms with E-state index >= 15 is 0 Å². The summed E-state index contributed by atoms with van der Waals surface area (Å²) in [5.74, 6) is -0.891. The number of hydrogen-bond donors (Lipinski definition) is 2. The number of carbonyl (C=O) groups is 1. The Kier molecular flexibility index (Phi) is 3.12. The van der Waals surface area contributed by atoms with Crippen molar-refractivity contribution in [3.05, 3.63) is 6.20 Å². The van der Waals surface area contributed by atoms with Crippen LogP contribution in [0, 0.1) is 0 Å². The van der Waals surface area contributed by atoms with Crippen molar-refractivity contribution in [1.29, 1.82) is 0 Å². The van der Waals surface area contributed by atoms with Gasteiger partial charge in [-0.25, -0.2) is 4.21 Å². The Morgan fingerprint density at radius 2 is 2.20 bits per heavy atom. The van der Waals surface area contributed by atoms with Crippen molar-refractivity contribution in [2.45, 2.75) is 17.3 Å². The van der Waals surface area contributed by atoms with E-state index < -0.39 is 27.1 Å². The van der Waals surface area contributed by atoms with E-state index in [9.17, 15) is 22.2 Å². The minimum atomic E-state index is -4.88. The molecule has 1 amide bonds. The summed E-state index contributed by atoms with van der Waals surface area (Å²) in [5, 5.41) is 7.45. The molecule has 1 heterocycles. The highest BCUT2D eigenvalue weighted by molar-refractivity contribution is 7.86. The first kappa shape index (κ1) is 11.7. The van der Waals surface area contributed by atoms with Crippen LogP contribution in [0.5, 0.6) is 0 Å². The van der Waals surface area contributed by atoms with Gasteiger partial charge in [0.05, 0.1) is 6.20 Å². The van der Waals surface area contributed by atoms with Gasteiger partial charge in [0.25, 0.3) is 0 Å². The van der Waals surface area contributed by atoms with Crippen LogP contribution < -0.4 is 5.32 Å². The van der Waals surface area contributed by atoms with E-state index in [2.05, 4.69) is 15.5 Å². The standard InChI is InChI=1S/C6H6F3N3O2S/c1-3(13)11-5-4(2-10-12-5)15(14)6(7,8)9/h2H,1H3,(H2,10,11,12,13). The van der Waals surface area contributed by atoms with Gasteiger partial charge < -0.3 is 5.32 Å². The number of rotatable bonds is 2. The van der Waals surface area contributed by atoms with Crippen LogP contribution in [0.1, 0.15) is 6.92 Å². The molecule has 0 saturated heterocycles. The van der Waals surface area contributed by atoms with Gasteiger partial charge >= 0.3 is 5.51 Å². The van der Waals surface area contributed by atoms with Gasteiger partial charge in [0.2, 0.25) is 5.91 Å². The molecule has 1 rings (SSSR count). The predicted molar refractivity (Wildman–Crippen MR) is 45.4 cm³/mol. The Labute approximate surface area is 84.5 Å². The summed E-state index contributed by atoms with van der Waals surface area (Å²) in [6.07, 6.45) is 0.759. The molecule has 5 nitrogen and oxygen atoms in total. The first-order valence-electron chi connectivity index (χ1n) is 3.62. The third-order valence-electron chi connectivity index (χ3n) is 1.32. The van der Waals surface area contributed by atoms with Crippen LogP contribution in [0.2, 0.25) is 0 Å². The van der Waals surface area contributed by atoms with Crippen LogP contribution in [-0.2, 0) is 15.6 Å². The van der Waals surface area contributed by atoms with Crippen molar-refractivity contribution in [2.24, 2.45) is 0 Å². The van der Waals surface area contributed by atoms with Crippen molar-refractivity contribution in [3.8, 4) is 0 Å². The number of H-pyrrole nitrogens is 1. The van der Waals surface area contributed by atoms with E-state index in [-0.39, 0.29) is 5.82 Å². The molecule has 9 heteroatoms. The highest BCUT2D eigenvalue weighted by atomic mass is 32.2. The number of halogens is 3. The maximum Gasteiger partial charge on any atom is 0.476 e. The van der Waals surface area contributed by atoms with Gasteiger partial charge in [0, 0.05) is 6.92 Å². The Morgan fingerprint density at radius 3 is 2.67 bits per heavy atom. The van der Waals surface area contributed by atoms with E-state index in [4.69, 9.17) is 0 Å². The minimum absolute atomic E-state index is 0.307. The molecule has 0 radical (unpaired) electrons. The molecule has 0 aliphatic heterocycles. The van der Waals surface area contributed by atoms with Gasteiger partial charge in [-0.05, 0) is 0 Å². The Bertz CT molecular complexity index is 401. The monoisotopic (exact) mass is 241 g/mol. The second-order valence-corrected chi connectivity index (χ2v) is 3.95. The zero-order valence-corrected chi connectivity index (χ0v) is 8.20. The molecule has 0 aliphatic carbocycles. The van der Waals surface area contributed by atoms with E-state index in [1.165, 1.54) is 0 Å². The number of nitrogens with zero attached hydrogens (tertiary/aromatic N) is 1. The maximum atomic E-state index is 12.1. The van der Waals surface area contributed by atoms with Gasteiger partial charge in [-0.2, -0.15) is 18.3 Å². The number of carbonyl (C=O) groups excluding carboxylic acids is 1. The van der Waals surface area contributed by atoms with Crippen molar-refractivity contribution in [2.75, 3.05) is 5.32 Å². The second kappa shape index (κ2) is 4.01. The first-order chi connectivity index (χ1) is 6.82. The molecule has 84 valence electrons. The lowest BCUT2D eigenvalue weighted by Crippen LogP contribution is -2.18. The van der Waals surface area contributed by atoms with Crippen molar-refractivity contribution in [3.63, 3.8) is 0 Å². The summed E-state index contributed by atoms with van der Waals surface area (Å²) < 4.78 is 47.1. The third kappa shape index (κ3) is 2.78. The minimum Gasteiger partial charge on any atom is -0.310 e. The van der Waals surface area contributed by atoms with Crippen LogP contribution in [-0.4, -0.2) is 25.8 Å². The first-order valence-corrected chi connectivity index (χ1v) is 4.77. The van der Waals surface area contributed by atoms with Crippen LogP contribution in [0.3, 0.4) is 0 Å². The number of aromatic amines is 1. The SMILES string of the molecule is CC(=O)Nc1[nH]ncc1S(=O)C(F)(F)F. The predicted octanol–water partition coefficient (Wildman–Crippen LogP) is 0.995. The topological polar surface area (TPSA) is 74.8 Å². The number of amides is 1. The zero-order valence-electron chi connectivity index (χ0n) is 7.38. The number of hydrogen-bond acceptors (Lipinski definition) is 3. The lowest BCUT2D eigenvalue weighted by Gasteiger charge is -2.06. The molecule has 15 heavy (non-hydrogen) atoms. The number of nitrogens with one attached hydrogen (secondary N) is 2. The van der Waals surface area contributed by atoms with Crippen molar-refractivity contribution < 1.29 is 22.2 Å². The molecule has 0 aliphatic rings. The quantitative estimate of drug-likeness (QED) is 0.810. The van der Waals surface area contributed by atoms with Crippen LogP contribution in [0.4, 0.5) is 19.0 Å². The molecule has 0 bridgehead atoms. The Morgan fingerprint density at radius 1 is 1.60 bits per heavy atom. The average molecular weight is 241 g/mol. The van der Waals surface area contributed by atoms with Crippen molar-refractivity contribution in [1.82, 2.24) is 10.2 Å². The van der Waals surface area contributed by atoms with E-state index in [1.807, 2.05) is 0 Å². The van der Waals surface area contributed by atoms with Gasteiger partial charge in [0.15, 0.2) is 10.8 Å².